The zero-order chi connectivity index (χ0) is 14.5. The van der Waals surface area contributed by atoms with Gasteiger partial charge in [0.25, 0.3) is 0 Å². The molecule has 1 unspecified atom stereocenters. The fourth-order valence-corrected chi connectivity index (χ4v) is 2.75. The van der Waals surface area contributed by atoms with Crippen molar-refractivity contribution in [1.29, 1.82) is 0 Å². The second-order valence-corrected chi connectivity index (χ2v) is 5.78. The van der Waals surface area contributed by atoms with Gasteiger partial charge in [-0.1, -0.05) is 41.9 Å². The lowest BCUT2D eigenvalue weighted by Crippen LogP contribution is -1.97. The first-order valence-corrected chi connectivity index (χ1v) is 7.40. The van der Waals surface area contributed by atoms with E-state index in [-0.39, 0.29) is 5.38 Å². The van der Waals surface area contributed by atoms with Crippen LogP contribution in [-0.2, 0) is 11.2 Å². The van der Waals surface area contributed by atoms with Crippen LogP contribution in [-0.4, -0.2) is 13.7 Å². The first kappa shape index (κ1) is 15.4. The maximum absolute atomic E-state index is 6.55. The molecular formula is C17H18Cl2O. The average Bonchev–Trinajstić information content (AvgIpc) is 2.44. The van der Waals surface area contributed by atoms with E-state index in [1.807, 2.05) is 19.1 Å². The molecule has 2 aromatic rings. The third-order valence-electron chi connectivity index (χ3n) is 3.22. The van der Waals surface area contributed by atoms with Gasteiger partial charge in [-0.25, -0.2) is 0 Å². The fourth-order valence-electron chi connectivity index (χ4n) is 2.18. The second-order valence-electron chi connectivity index (χ2n) is 4.91. The summed E-state index contributed by atoms with van der Waals surface area (Å²) < 4.78 is 5.08. The average molecular weight is 309 g/mol. The van der Waals surface area contributed by atoms with Crippen LogP contribution in [0.5, 0.6) is 0 Å². The molecule has 0 saturated heterocycles. The van der Waals surface area contributed by atoms with E-state index in [1.165, 1.54) is 5.56 Å². The van der Waals surface area contributed by atoms with Crippen molar-refractivity contribution >= 4 is 23.2 Å². The molecule has 0 amide bonds. The minimum absolute atomic E-state index is 0.177. The van der Waals surface area contributed by atoms with Crippen molar-refractivity contribution in [3.05, 3.63) is 69.7 Å². The maximum Gasteiger partial charge on any atom is 0.0836 e. The van der Waals surface area contributed by atoms with Crippen LogP contribution >= 0.6 is 23.2 Å². The van der Waals surface area contributed by atoms with Gasteiger partial charge in [0.2, 0.25) is 0 Å². The van der Waals surface area contributed by atoms with Gasteiger partial charge < -0.3 is 4.74 Å². The third kappa shape index (κ3) is 3.99. The molecule has 0 aromatic heterocycles. The number of alkyl halides is 1. The molecule has 3 heteroatoms. The van der Waals surface area contributed by atoms with Crippen LogP contribution in [0.15, 0.2) is 42.5 Å². The van der Waals surface area contributed by atoms with Crippen molar-refractivity contribution in [2.24, 2.45) is 0 Å². The highest BCUT2D eigenvalue weighted by Gasteiger charge is 2.11. The molecule has 0 radical (unpaired) electrons. The Bertz CT molecular complexity index is 543. The van der Waals surface area contributed by atoms with Gasteiger partial charge in [0.05, 0.1) is 12.0 Å². The minimum Gasteiger partial charge on any atom is -0.384 e. The Kier molecular flexibility index (Phi) is 5.47. The number of methoxy groups -OCH3 is 1. The van der Waals surface area contributed by atoms with E-state index in [9.17, 15) is 0 Å². The lowest BCUT2D eigenvalue weighted by Gasteiger charge is -2.12. The summed E-state index contributed by atoms with van der Waals surface area (Å²) in [5.74, 6) is 0. The van der Waals surface area contributed by atoms with Crippen molar-refractivity contribution in [3.8, 4) is 0 Å². The first-order chi connectivity index (χ1) is 9.60. The van der Waals surface area contributed by atoms with Gasteiger partial charge in [-0.2, -0.15) is 0 Å². The molecule has 2 rings (SSSR count). The minimum atomic E-state index is -0.177. The molecular weight excluding hydrogens is 291 g/mol. The third-order valence-corrected chi connectivity index (χ3v) is 3.95. The zero-order valence-corrected chi connectivity index (χ0v) is 13.2. The smallest absolute Gasteiger partial charge is 0.0836 e. The van der Waals surface area contributed by atoms with Crippen LogP contribution in [0.4, 0.5) is 0 Å². The molecule has 0 aliphatic rings. The summed E-state index contributed by atoms with van der Waals surface area (Å²) in [6, 6.07) is 14.3. The molecule has 1 atom stereocenters. The number of aryl methyl sites for hydroxylation is 1. The van der Waals surface area contributed by atoms with Crippen molar-refractivity contribution in [2.45, 2.75) is 18.7 Å². The predicted octanol–water partition coefficient (Wildman–Crippen LogP) is 5.17. The summed E-state index contributed by atoms with van der Waals surface area (Å²) in [6.07, 6.45) is 0.917. The number of rotatable bonds is 5. The molecule has 106 valence electrons. The predicted molar refractivity (Wildman–Crippen MR) is 85.9 cm³/mol. The lowest BCUT2D eigenvalue weighted by molar-refractivity contribution is 0.202. The zero-order valence-electron chi connectivity index (χ0n) is 11.7. The molecule has 2 aromatic carbocycles. The molecule has 0 fully saturated rings. The largest absolute Gasteiger partial charge is 0.384 e. The lowest BCUT2D eigenvalue weighted by atomic mass is 10.0. The van der Waals surface area contributed by atoms with Crippen molar-refractivity contribution in [3.63, 3.8) is 0 Å². The fraction of sp³-hybridized carbons (Fsp3) is 0.294. The second kappa shape index (κ2) is 7.12. The van der Waals surface area contributed by atoms with Gasteiger partial charge in [0.15, 0.2) is 0 Å². The summed E-state index contributed by atoms with van der Waals surface area (Å²) in [6.45, 7) is 2.75. The Balaban J connectivity index is 2.17. The van der Waals surface area contributed by atoms with Crippen molar-refractivity contribution in [1.82, 2.24) is 0 Å². The quantitative estimate of drug-likeness (QED) is 0.693. The standard InChI is InChI=1S/C17H18Cl2O/c1-12-9-15(11-16(18)10-12)17(19)14-5-3-13(4-6-14)7-8-20-2/h3-6,9-11,17H,7-8H2,1-2H3. The Morgan fingerprint density at radius 3 is 2.35 bits per heavy atom. The number of hydrogen-bond donors (Lipinski definition) is 0. The van der Waals surface area contributed by atoms with Crippen LogP contribution in [0.2, 0.25) is 5.02 Å². The van der Waals surface area contributed by atoms with E-state index < -0.39 is 0 Å². The van der Waals surface area contributed by atoms with Crippen molar-refractivity contribution < 1.29 is 4.74 Å². The van der Waals surface area contributed by atoms with E-state index in [1.54, 1.807) is 7.11 Å². The summed E-state index contributed by atoms with van der Waals surface area (Å²) in [5, 5.41) is 0.547. The highest BCUT2D eigenvalue weighted by atomic mass is 35.5. The Hall–Kier alpha value is -1.02. The highest BCUT2D eigenvalue weighted by molar-refractivity contribution is 6.31. The van der Waals surface area contributed by atoms with Gasteiger partial charge in [0.1, 0.15) is 0 Å². The Morgan fingerprint density at radius 2 is 1.75 bits per heavy atom. The highest BCUT2D eigenvalue weighted by Crippen LogP contribution is 2.31. The Labute approximate surface area is 130 Å². The van der Waals surface area contributed by atoms with Crippen LogP contribution in [0.25, 0.3) is 0 Å². The maximum atomic E-state index is 6.55. The number of ether oxygens (including phenoxy) is 1. The monoisotopic (exact) mass is 308 g/mol. The summed E-state index contributed by atoms with van der Waals surface area (Å²) in [4.78, 5) is 0. The summed E-state index contributed by atoms with van der Waals surface area (Å²) in [7, 11) is 1.71. The SMILES string of the molecule is COCCc1ccc(C(Cl)c2cc(C)cc(Cl)c2)cc1. The van der Waals surface area contributed by atoms with E-state index in [2.05, 4.69) is 30.3 Å². The molecule has 0 spiro atoms. The van der Waals surface area contributed by atoms with Gasteiger partial charge in [0, 0.05) is 12.1 Å². The number of benzene rings is 2. The molecule has 1 nitrogen and oxygen atoms in total. The first-order valence-electron chi connectivity index (χ1n) is 6.59. The molecule has 0 bridgehead atoms. The van der Waals surface area contributed by atoms with Gasteiger partial charge in [-0.3, -0.25) is 0 Å². The molecule has 0 N–H and O–H groups in total. The normalized spacial score (nSPS) is 12.4. The molecule has 0 aliphatic heterocycles. The molecule has 0 saturated carbocycles. The van der Waals surface area contributed by atoms with Gasteiger partial charge in [-0.05, 0) is 47.7 Å². The number of hydrogen-bond acceptors (Lipinski definition) is 1. The van der Waals surface area contributed by atoms with E-state index in [4.69, 9.17) is 27.9 Å². The van der Waals surface area contributed by atoms with E-state index >= 15 is 0 Å². The van der Waals surface area contributed by atoms with Gasteiger partial charge >= 0.3 is 0 Å². The van der Waals surface area contributed by atoms with Crippen LogP contribution in [0.1, 0.15) is 27.6 Å². The summed E-state index contributed by atoms with van der Waals surface area (Å²) in [5.41, 5.74) is 4.48. The number of halogens is 2. The van der Waals surface area contributed by atoms with Crippen LogP contribution in [0, 0.1) is 6.92 Å². The molecule has 20 heavy (non-hydrogen) atoms. The van der Waals surface area contributed by atoms with Crippen LogP contribution in [0.3, 0.4) is 0 Å². The summed E-state index contributed by atoms with van der Waals surface area (Å²) >= 11 is 12.6. The molecule has 0 heterocycles. The topological polar surface area (TPSA) is 9.23 Å². The van der Waals surface area contributed by atoms with Crippen molar-refractivity contribution in [2.75, 3.05) is 13.7 Å². The van der Waals surface area contributed by atoms with Crippen LogP contribution < -0.4 is 0 Å². The van der Waals surface area contributed by atoms with E-state index in [0.717, 1.165) is 34.7 Å². The van der Waals surface area contributed by atoms with E-state index in [0.29, 0.717) is 0 Å². The molecule has 0 aliphatic carbocycles. The Morgan fingerprint density at radius 1 is 1.05 bits per heavy atom. The van der Waals surface area contributed by atoms with Gasteiger partial charge in [-0.15, -0.1) is 11.6 Å².